The van der Waals surface area contributed by atoms with Crippen LogP contribution in [-0.4, -0.2) is 56.8 Å². The minimum atomic E-state index is -0.0331. The van der Waals surface area contributed by atoms with Crippen LogP contribution in [0, 0.1) is 0 Å². The molecule has 4 rings (SSSR count). The van der Waals surface area contributed by atoms with Crippen molar-refractivity contribution in [3.8, 4) is 0 Å². The number of rotatable bonds is 4. The van der Waals surface area contributed by atoms with Crippen molar-refractivity contribution in [3.05, 3.63) is 34.6 Å². The summed E-state index contributed by atoms with van der Waals surface area (Å²) in [5.74, 6) is 1.32. The van der Waals surface area contributed by atoms with Gasteiger partial charge in [-0.2, -0.15) is 4.68 Å². The fourth-order valence-corrected chi connectivity index (χ4v) is 3.83. The van der Waals surface area contributed by atoms with E-state index in [0.29, 0.717) is 19.1 Å². The van der Waals surface area contributed by atoms with Gasteiger partial charge in [-0.15, -0.1) is 16.4 Å². The van der Waals surface area contributed by atoms with Gasteiger partial charge in [-0.3, -0.25) is 4.99 Å². The molecule has 1 unspecified atom stereocenters. The number of dihydropyridines is 1. The summed E-state index contributed by atoms with van der Waals surface area (Å²) in [6.07, 6.45) is 7.72. The molecular weight excluding hydrogens is 326 g/mol. The highest BCUT2D eigenvalue weighted by molar-refractivity contribution is 7.09. The van der Waals surface area contributed by atoms with Crippen LogP contribution in [0.2, 0.25) is 0 Å². The number of nitrogens with zero attached hydrogens (tertiary/aromatic N) is 6. The maximum Gasteiger partial charge on any atom is 0.152 e. The Kier molecular flexibility index (Phi) is 4.72. The highest BCUT2D eigenvalue weighted by Crippen LogP contribution is 2.28. The van der Waals surface area contributed by atoms with Crippen molar-refractivity contribution in [2.45, 2.75) is 31.5 Å². The second kappa shape index (κ2) is 7.29. The first-order chi connectivity index (χ1) is 11.9. The van der Waals surface area contributed by atoms with Crippen LogP contribution >= 0.6 is 11.3 Å². The summed E-state index contributed by atoms with van der Waals surface area (Å²) in [5.41, 5.74) is 1.01. The minimum Gasteiger partial charge on any atom is -0.366 e. The predicted octanol–water partition coefficient (Wildman–Crippen LogP) is 0.998. The molecule has 2 aliphatic rings. The zero-order valence-corrected chi connectivity index (χ0v) is 14.0. The second-order valence-electron chi connectivity index (χ2n) is 5.86. The van der Waals surface area contributed by atoms with Gasteiger partial charge in [0.2, 0.25) is 0 Å². The van der Waals surface area contributed by atoms with Crippen LogP contribution in [0.15, 0.2) is 28.9 Å². The Labute approximate surface area is 143 Å². The van der Waals surface area contributed by atoms with E-state index < -0.39 is 0 Å². The van der Waals surface area contributed by atoms with E-state index in [1.54, 1.807) is 16.0 Å². The molecule has 2 aromatic heterocycles. The normalized spacial score (nSPS) is 21.8. The molecule has 2 aromatic rings. The molecule has 1 atom stereocenters. The smallest absolute Gasteiger partial charge is 0.152 e. The van der Waals surface area contributed by atoms with Gasteiger partial charge in [-0.1, -0.05) is 6.08 Å². The maximum atomic E-state index is 5.91. The van der Waals surface area contributed by atoms with Gasteiger partial charge in [0.05, 0.1) is 30.0 Å². The number of ether oxygens (including phenoxy) is 1. The molecule has 4 heterocycles. The predicted molar refractivity (Wildman–Crippen MR) is 90.2 cm³/mol. The molecule has 126 valence electrons. The lowest BCUT2D eigenvalue weighted by molar-refractivity contribution is 0.0751. The summed E-state index contributed by atoms with van der Waals surface area (Å²) in [6.45, 7) is 3.26. The third-order valence-corrected chi connectivity index (χ3v) is 5.24. The van der Waals surface area contributed by atoms with E-state index >= 15 is 0 Å². The van der Waals surface area contributed by atoms with Gasteiger partial charge < -0.3 is 10.1 Å². The van der Waals surface area contributed by atoms with Gasteiger partial charge in [0, 0.05) is 11.3 Å². The minimum absolute atomic E-state index is 0.0331. The molecule has 0 radical (unpaired) electrons. The lowest BCUT2D eigenvalue weighted by Crippen LogP contribution is -2.26. The van der Waals surface area contributed by atoms with Gasteiger partial charge in [-0.25, -0.2) is 4.98 Å². The first-order valence-electron chi connectivity index (χ1n) is 8.11. The first-order valence-corrected chi connectivity index (χ1v) is 8.99. The zero-order valence-electron chi connectivity index (χ0n) is 13.2. The zero-order chi connectivity index (χ0) is 16.2. The van der Waals surface area contributed by atoms with Gasteiger partial charge >= 0.3 is 0 Å². The molecule has 1 saturated heterocycles. The van der Waals surface area contributed by atoms with E-state index in [1.807, 2.05) is 12.2 Å². The number of tetrazole rings is 1. The Morgan fingerprint density at radius 3 is 3.00 bits per heavy atom. The summed E-state index contributed by atoms with van der Waals surface area (Å²) >= 11 is 1.75. The highest BCUT2D eigenvalue weighted by atomic mass is 32.1. The number of piperidine rings is 1. The van der Waals surface area contributed by atoms with Crippen molar-refractivity contribution in [1.82, 2.24) is 30.5 Å². The van der Waals surface area contributed by atoms with Crippen LogP contribution in [0.5, 0.6) is 0 Å². The van der Waals surface area contributed by atoms with Gasteiger partial charge in [0.25, 0.3) is 0 Å². The standard InChI is InChI=1S/C15H19N7OS/c1-2-14(22-10-18-20-21-22)17-7-13(1)23-8-12-9-24-15(19-12)11-3-5-16-6-4-11/h1-2,9-11,13,16H,3-8H2. The molecular formula is C15H19N7OS. The Hall–Kier alpha value is -1.97. The summed E-state index contributed by atoms with van der Waals surface area (Å²) in [5, 5.41) is 17.8. The lowest BCUT2D eigenvalue weighted by Gasteiger charge is -2.20. The van der Waals surface area contributed by atoms with Crippen molar-refractivity contribution in [2.75, 3.05) is 19.6 Å². The van der Waals surface area contributed by atoms with Crippen molar-refractivity contribution in [3.63, 3.8) is 0 Å². The van der Waals surface area contributed by atoms with E-state index in [-0.39, 0.29) is 6.10 Å². The van der Waals surface area contributed by atoms with Crippen molar-refractivity contribution in [2.24, 2.45) is 4.99 Å². The van der Waals surface area contributed by atoms with Crippen LogP contribution in [0.3, 0.4) is 0 Å². The molecule has 8 nitrogen and oxygen atoms in total. The topological polar surface area (TPSA) is 90.1 Å². The Balaban J connectivity index is 1.29. The Bertz CT molecular complexity index is 718. The summed E-state index contributed by atoms with van der Waals surface area (Å²) < 4.78 is 7.45. The van der Waals surface area contributed by atoms with E-state index in [2.05, 4.69) is 31.2 Å². The number of hydrogen-bond acceptors (Lipinski definition) is 8. The molecule has 0 spiro atoms. The van der Waals surface area contributed by atoms with Gasteiger partial charge in [0.15, 0.2) is 5.84 Å². The SMILES string of the molecule is C1=CC(OCc2csc(C3CCNCC3)n2)CN=C1n1cnnn1. The van der Waals surface area contributed by atoms with Crippen LogP contribution in [0.25, 0.3) is 0 Å². The molecule has 1 N–H and O–H groups in total. The number of aliphatic imine (C=N–C) groups is 1. The van der Waals surface area contributed by atoms with Crippen molar-refractivity contribution >= 4 is 17.2 Å². The molecule has 2 aliphatic heterocycles. The average molecular weight is 345 g/mol. The van der Waals surface area contributed by atoms with Gasteiger partial charge in [0.1, 0.15) is 6.33 Å². The monoisotopic (exact) mass is 345 g/mol. The molecule has 24 heavy (non-hydrogen) atoms. The summed E-state index contributed by atoms with van der Waals surface area (Å²) in [6, 6.07) is 0. The first kappa shape index (κ1) is 15.6. The fourth-order valence-electron chi connectivity index (χ4n) is 2.85. The maximum absolute atomic E-state index is 5.91. The van der Waals surface area contributed by atoms with E-state index in [1.165, 1.54) is 24.2 Å². The highest BCUT2D eigenvalue weighted by Gasteiger charge is 2.19. The summed E-state index contributed by atoms with van der Waals surface area (Å²) in [7, 11) is 0. The number of thiazole rings is 1. The van der Waals surface area contributed by atoms with Gasteiger partial charge in [-0.05, 0) is 42.4 Å². The number of hydrogen-bond donors (Lipinski definition) is 1. The van der Waals surface area contributed by atoms with Crippen molar-refractivity contribution in [1.29, 1.82) is 0 Å². The molecule has 1 fully saturated rings. The molecule has 9 heteroatoms. The van der Waals surface area contributed by atoms with E-state index in [9.17, 15) is 0 Å². The number of nitrogens with one attached hydrogen (secondary N) is 1. The largest absolute Gasteiger partial charge is 0.366 e. The third kappa shape index (κ3) is 3.58. The van der Waals surface area contributed by atoms with Crippen LogP contribution < -0.4 is 5.32 Å². The number of allylic oxidation sites excluding steroid dienone is 1. The molecule has 0 aliphatic carbocycles. The van der Waals surface area contributed by atoms with Crippen molar-refractivity contribution < 1.29 is 4.74 Å². The Morgan fingerprint density at radius 1 is 1.33 bits per heavy atom. The van der Waals surface area contributed by atoms with Crippen LogP contribution in [-0.2, 0) is 11.3 Å². The third-order valence-electron chi connectivity index (χ3n) is 4.18. The van der Waals surface area contributed by atoms with E-state index in [0.717, 1.165) is 24.6 Å². The molecule has 0 amide bonds. The lowest BCUT2D eigenvalue weighted by atomic mass is 9.99. The summed E-state index contributed by atoms with van der Waals surface area (Å²) in [4.78, 5) is 9.19. The molecule has 0 saturated carbocycles. The quantitative estimate of drug-likeness (QED) is 0.889. The average Bonchev–Trinajstić information content (AvgIpc) is 3.33. The Morgan fingerprint density at radius 2 is 2.25 bits per heavy atom. The van der Waals surface area contributed by atoms with Crippen LogP contribution in [0.4, 0.5) is 0 Å². The van der Waals surface area contributed by atoms with E-state index in [4.69, 9.17) is 9.72 Å². The fraction of sp³-hybridized carbons (Fsp3) is 0.533. The molecule has 0 bridgehead atoms. The number of aromatic nitrogens is 5. The van der Waals surface area contributed by atoms with Crippen LogP contribution in [0.1, 0.15) is 29.5 Å². The molecule has 0 aromatic carbocycles. The second-order valence-corrected chi connectivity index (χ2v) is 6.75.